The second-order valence-electron chi connectivity index (χ2n) is 7.58. The van der Waals surface area contributed by atoms with Crippen LogP contribution in [0.3, 0.4) is 0 Å². The predicted molar refractivity (Wildman–Crippen MR) is 113 cm³/mol. The first-order valence-corrected chi connectivity index (χ1v) is 9.81. The number of halogens is 1. The van der Waals surface area contributed by atoms with Gasteiger partial charge in [-0.05, 0) is 35.4 Å². The van der Waals surface area contributed by atoms with E-state index >= 15 is 0 Å². The molecule has 142 valence electrons. The molecule has 0 fully saturated rings. The molecular weight excluding hydrogens is 363 g/mol. The van der Waals surface area contributed by atoms with Gasteiger partial charge in [0, 0.05) is 34.8 Å². The Kier molecular flexibility index (Phi) is 3.50. The van der Waals surface area contributed by atoms with Crippen LogP contribution in [0.5, 0.6) is 0 Å². The maximum atomic E-state index is 13.4. The molecule has 0 saturated heterocycles. The van der Waals surface area contributed by atoms with Gasteiger partial charge in [-0.25, -0.2) is 4.39 Å². The fraction of sp³-hybridized carbons (Fsp3) is 0.125. The molecule has 0 radical (unpaired) electrons. The van der Waals surface area contributed by atoms with Gasteiger partial charge in [-0.15, -0.1) is 0 Å². The number of fused-ring (bicyclic) bond motifs is 4. The Bertz CT molecular complexity index is 1240. The molecule has 2 atom stereocenters. The van der Waals surface area contributed by atoms with E-state index in [2.05, 4.69) is 64.0 Å². The van der Waals surface area contributed by atoms with E-state index in [4.69, 9.17) is 5.10 Å². The Hall–Kier alpha value is -3.60. The highest BCUT2D eigenvalue weighted by Gasteiger charge is 2.40. The van der Waals surface area contributed by atoms with E-state index < -0.39 is 0 Å². The summed E-state index contributed by atoms with van der Waals surface area (Å²) in [4.78, 5) is 3.38. The van der Waals surface area contributed by atoms with Gasteiger partial charge >= 0.3 is 0 Å². The summed E-state index contributed by atoms with van der Waals surface area (Å²) >= 11 is 0. The van der Waals surface area contributed by atoms with Crippen LogP contribution in [-0.4, -0.2) is 15.7 Å². The quantitative estimate of drug-likeness (QED) is 0.475. The number of aromatic nitrogens is 1. The lowest BCUT2D eigenvalue weighted by Gasteiger charge is -2.39. The number of nitrogens with zero attached hydrogens (tertiary/aromatic N) is 2. The van der Waals surface area contributed by atoms with E-state index in [0.717, 1.165) is 28.9 Å². The lowest BCUT2D eigenvalue weighted by molar-refractivity contribution is 0.170. The van der Waals surface area contributed by atoms with Crippen molar-refractivity contribution in [3.63, 3.8) is 0 Å². The number of para-hydroxylation sites is 2. The number of nitrogens with one attached hydrogen (secondary N) is 2. The van der Waals surface area contributed by atoms with E-state index in [-0.39, 0.29) is 18.0 Å². The van der Waals surface area contributed by atoms with Crippen LogP contribution in [0.2, 0.25) is 0 Å². The highest BCUT2D eigenvalue weighted by atomic mass is 19.1. The number of benzene rings is 3. The maximum Gasteiger partial charge on any atom is 0.144 e. The maximum absolute atomic E-state index is 13.4. The summed E-state index contributed by atoms with van der Waals surface area (Å²) in [5.41, 5.74) is 6.61. The molecular formula is C24H19FN4. The highest BCUT2D eigenvalue weighted by molar-refractivity contribution is 6.02. The zero-order chi connectivity index (χ0) is 19.4. The fourth-order valence-electron chi connectivity index (χ4n) is 4.51. The van der Waals surface area contributed by atoms with E-state index in [1.165, 1.54) is 28.6 Å². The third-order valence-electron chi connectivity index (χ3n) is 5.91. The summed E-state index contributed by atoms with van der Waals surface area (Å²) in [6, 6.07) is 23.5. The van der Waals surface area contributed by atoms with Gasteiger partial charge in [0.2, 0.25) is 0 Å². The minimum atomic E-state index is -0.228. The highest BCUT2D eigenvalue weighted by Crippen LogP contribution is 2.47. The molecule has 29 heavy (non-hydrogen) atoms. The van der Waals surface area contributed by atoms with Crippen LogP contribution >= 0.6 is 0 Å². The molecule has 0 spiro atoms. The molecule has 0 saturated carbocycles. The Balaban J connectivity index is 1.49. The molecule has 0 unspecified atom stereocenters. The number of aromatic amines is 1. The Morgan fingerprint density at radius 1 is 0.897 bits per heavy atom. The standard InChI is InChI=1S/C24H19FN4/c25-16-11-9-15(10-12-16)22-13-23-18-6-2-4-8-21(18)27-24(29(23)28-22)19-14-26-20-7-3-1-5-17(19)20/h1-12,14,23-24,26-27H,13H2/t23-,24+/m0/s1. The van der Waals surface area contributed by atoms with Crippen molar-refractivity contribution in [3.8, 4) is 0 Å². The van der Waals surface area contributed by atoms with Crippen LogP contribution in [0.15, 0.2) is 84.1 Å². The molecule has 3 heterocycles. The summed E-state index contributed by atoms with van der Waals surface area (Å²) in [6.07, 6.45) is 2.78. The minimum Gasteiger partial charge on any atom is -0.361 e. The average molecular weight is 382 g/mol. The molecule has 4 aromatic rings. The first-order chi connectivity index (χ1) is 14.3. The van der Waals surface area contributed by atoms with E-state index in [1.54, 1.807) is 0 Å². The first-order valence-electron chi connectivity index (χ1n) is 9.81. The van der Waals surface area contributed by atoms with Crippen molar-refractivity contribution in [1.82, 2.24) is 9.99 Å². The third kappa shape index (κ3) is 2.54. The number of rotatable bonds is 2. The van der Waals surface area contributed by atoms with Crippen molar-refractivity contribution in [1.29, 1.82) is 0 Å². The number of anilines is 1. The summed E-state index contributed by atoms with van der Waals surface area (Å²) in [5, 5.41) is 12.0. The molecule has 3 aromatic carbocycles. The molecule has 5 heteroatoms. The van der Waals surface area contributed by atoms with Crippen LogP contribution in [0.25, 0.3) is 10.9 Å². The number of hydrogen-bond acceptors (Lipinski definition) is 3. The van der Waals surface area contributed by atoms with Crippen LogP contribution in [-0.2, 0) is 0 Å². The molecule has 1 aromatic heterocycles. The van der Waals surface area contributed by atoms with Crippen molar-refractivity contribution in [2.75, 3.05) is 5.32 Å². The molecule has 0 amide bonds. The number of hydrazone groups is 1. The van der Waals surface area contributed by atoms with Crippen LogP contribution in [0.1, 0.15) is 35.3 Å². The SMILES string of the molecule is Fc1ccc(C2=NN3[C@@H](C2)c2ccccc2N[C@H]3c2c[nH]c3ccccc23)cc1. The lowest BCUT2D eigenvalue weighted by Crippen LogP contribution is -2.35. The van der Waals surface area contributed by atoms with Crippen LogP contribution in [0, 0.1) is 5.82 Å². The normalized spacial score (nSPS) is 20.2. The molecule has 6 rings (SSSR count). The molecule has 2 N–H and O–H groups in total. The second kappa shape index (κ2) is 6.21. The largest absolute Gasteiger partial charge is 0.361 e. The summed E-state index contributed by atoms with van der Waals surface area (Å²) < 4.78 is 13.4. The fourth-order valence-corrected chi connectivity index (χ4v) is 4.51. The van der Waals surface area contributed by atoms with Gasteiger partial charge in [0.1, 0.15) is 12.0 Å². The first kappa shape index (κ1) is 16.4. The van der Waals surface area contributed by atoms with Crippen molar-refractivity contribution >= 4 is 22.3 Å². The predicted octanol–water partition coefficient (Wildman–Crippen LogP) is 5.58. The van der Waals surface area contributed by atoms with E-state index in [0.29, 0.717) is 0 Å². The number of hydrogen-bond donors (Lipinski definition) is 2. The smallest absolute Gasteiger partial charge is 0.144 e. The lowest BCUT2D eigenvalue weighted by atomic mass is 9.94. The van der Waals surface area contributed by atoms with Gasteiger partial charge in [0.05, 0.1) is 11.8 Å². The van der Waals surface area contributed by atoms with Crippen molar-refractivity contribution in [2.24, 2.45) is 5.10 Å². The Morgan fingerprint density at radius 2 is 1.69 bits per heavy atom. The monoisotopic (exact) mass is 382 g/mol. The van der Waals surface area contributed by atoms with E-state index in [1.807, 2.05) is 18.2 Å². The zero-order valence-corrected chi connectivity index (χ0v) is 15.6. The average Bonchev–Trinajstić information content (AvgIpc) is 3.39. The Labute approximate surface area is 167 Å². The van der Waals surface area contributed by atoms with Crippen molar-refractivity contribution in [3.05, 3.63) is 102 Å². The second-order valence-corrected chi connectivity index (χ2v) is 7.58. The minimum absolute atomic E-state index is 0.0796. The third-order valence-corrected chi connectivity index (χ3v) is 5.91. The van der Waals surface area contributed by atoms with Gasteiger partial charge in [-0.2, -0.15) is 5.10 Å². The summed E-state index contributed by atoms with van der Waals surface area (Å²) in [5.74, 6) is -0.228. The topological polar surface area (TPSA) is 43.4 Å². The number of H-pyrrole nitrogens is 1. The molecule has 0 aliphatic carbocycles. The van der Waals surface area contributed by atoms with E-state index in [9.17, 15) is 4.39 Å². The van der Waals surface area contributed by atoms with Gasteiger partial charge in [-0.3, -0.25) is 5.01 Å². The van der Waals surface area contributed by atoms with Crippen molar-refractivity contribution < 1.29 is 4.39 Å². The van der Waals surface area contributed by atoms with Crippen molar-refractivity contribution in [2.45, 2.75) is 18.6 Å². The van der Waals surface area contributed by atoms with Gasteiger partial charge in [0.25, 0.3) is 0 Å². The van der Waals surface area contributed by atoms with Gasteiger partial charge in [-0.1, -0.05) is 48.5 Å². The van der Waals surface area contributed by atoms with Gasteiger partial charge in [0.15, 0.2) is 0 Å². The zero-order valence-electron chi connectivity index (χ0n) is 15.6. The van der Waals surface area contributed by atoms with Crippen LogP contribution in [0.4, 0.5) is 10.1 Å². The molecule has 0 bridgehead atoms. The van der Waals surface area contributed by atoms with Crippen LogP contribution < -0.4 is 5.32 Å². The summed E-state index contributed by atoms with van der Waals surface area (Å²) in [7, 11) is 0. The molecule has 2 aliphatic rings. The van der Waals surface area contributed by atoms with Gasteiger partial charge < -0.3 is 10.3 Å². The molecule has 4 nitrogen and oxygen atoms in total. The Morgan fingerprint density at radius 3 is 2.59 bits per heavy atom. The summed E-state index contributed by atoms with van der Waals surface area (Å²) in [6.45, 7) is 0. The molecule has 2 aliphatic heterocycles.